The van der Waals surface area contributed by atoms with Gasteiger partial charge in [-0.3, -0.25) is 0 Å². The zero-order valence-electron chi connectivity index (χ0n) is 11.1. The van der Waals surface area contributed by atoms with Crippen molar-refractivity contribution in [2.45, 2.75) is 38.3 Å². The van der Waals surface area contributed by atoms with Crippen LogP contribution in [0.3, 0.4) is 0 Å². The van der Waals surface area contributed by atoms with Crippen molar-refractivity contribution in [2.24, 2.45) is 0 Å². The quantitative estimate of drug-likeness (QED) is 0.911. The smallest absolute Gasteiger partial charge is 0.151 e. The molecule has 2 atom stereocenters. The molecule has 19 heavy (non-hydrogen) atoms. The Hall–Kier alpha value is -0.390. The summed E-state index contributed by atoms with van der Waals surface area (Å²) in [5.74, 6) is 0.643. The van der Waals surface area contributed by atoms with Crippen molar-refractivity contribution >= 4 is 25.8 Å². The van der Waals surface area contributed by atoms with Crippen LogP contribution in [0.1, 0.15) is 25.3 Å². The zero-order valence-corrected chi connectivity index (χ0v) is 13.5. The fraction of sp³-hybridized carbons (Fsp3) is 0.571. The molecule has 5 heteroatoms. The number of hydrogen-bond donors (Lipinski definition) is 1. The summed E-state index contributed by atoms with van der Waals surface area (Å²) in [6.45, 7) is 2.11. The normalized spacial score (nSPS) is 24.0. The molecule has 1 heterocycles. The second-order valence-corrected chi connectivity index (χ2v) is 8.50. The average Bonchev–Trinajstić information content (AvgIpc) is 2.30. The zero-order chi connectivity index (χ0) is 13.9. The van der Waals surface area contributed by atoms with Gasteiger partial charge in [0, 0.05) is 16.6 Å². The predicted octanol–water partition coefficient (Wildman–Crippen LogP) is 2.55. The van der Waals surface area contributed by atoms with Crippen LogP contribution in [0, 0.1) is 0 Å². The Balaban J connectivity index is 1.87. The van der Waals surface area contributed by atoms with E-state index in [1.54, 1.807) is 0 Å². The van der Waals surface area contributed by atoms with Crippen molar-refractivity contribution < 1.29 is 8.42 Å². The molecule has 0 aromatic heterocycles. The van der Waals surface area contributed by atoms with Gasteiger partial charge in [-0.1, -0.05) is 28.1 Å². The fourth-order valence-corrected chi connectivity index (χ4v) is 4.50. The van der Waals surface area contributed by atoms with E-state index in [4.69, 9.17) is 0 Å². The molecule has 3 nitrogen and oxygen atoms in total. The number of rotatable bonds is 4. The van der Waals surface area contributed by atoms with E-state index in [2.05, 4.69) is 40.3 Å². The molecule has 0 aliphatic carbocycles. The lowest BCUT2D eigenvalue weighted by Gasteiger charge is -2.26. The highest BCUT2D eigenvalue weighted by Crippen LogP contribution is 2.15. The van der Waals surface area contributed by atoms with Gasteiger partial charge in [-0.05, 0) is 43.9 Å². The van der Waals surface area contributed by atoms with Crippen LogP contribution in [0.25, 0.3) is 0 Å². The molecule has 1 saturated heterocycles. The van der Waals surface area contributed by atoms with Gasteiger partial charge in [-0.25, -0.2) is 8.42 Å². The van der Waals surface area contributed by atoms with Crippen molar-refractivity contribution in [2.75, 3.05) is 11.5 Å². The molecular weight excluding hydrogens is 326 g/mol. The summed E-state index contributed by atoms with van der Waals surface area (Å²) in [5, 5.41) is 3.45. The number of benzene rings is 1. The molecule has 1 aromatic carbocycles. The third-order valence-corrected chi connectivity index (χ3v) is 5.79. The summed E-state index contributed by atoms with van der Waals surface area (Å²) < 4.78 is 24.3. The van der Waals surface area contributed by atoms with Gasteiger partial charge < -0.3 is 5.32 Å². The van der Waals surface area contributed by atoms with Crippen molar-refractivity contribution in [3.8, 4) is 0 Å². The second-order valence-electron chi connectivity index (χ2n) is 5.35. The highest BCUT2D eigenvalue weighted by Gasteiger charge is 2.25. The van der Waals surface area contributed by atoms with Gasteiger partial charge in [0.05, 0.1) is 11.5 Å². The Bertz CT molecular complexity index is 513. The van der Waals surface area contributed by atoms with Crippen LogP contribution in [0.15, 0.2) is 28.7 Å². The van der Waals surface area contributed by atoms with E-state index in [9.17, 15) is 8.42 Å². The maximum absolute atomic E-state index is 11.6. The van der Waals surface area contributed by atoms with E-state index < -0.39 is 9.84 Å². The number of sulfone groups is 1. The number of nitrogens with one attached hydrogen (secondary N) is 1. The van der Waals surface area contributed by atoms with Crippen LogP contribution in [-0.4, -0.2) is 32.0 Å². The largest absolute Gasteiger partial charge is 0.310 e. The lowest BCUT2D eigenvalue weighted by molar-refractivity contribution is 0.428. The summed E-state index contributed by atoms with van der Waals surface area (Å²) in [4.78, 5) is 0. The molecule has 0 amide bonds. The van der Waals surface area contributed by atoms with Crippen LogP contribution >= 0.6 is 15.9 Å². The van der Waals surface area contributed by atoms with Crippen molar-refractivity contribution in [1.29, 1.82) is 0 Å². The summed E-state index contributed by atoms with van der Waals surface area (Å²) >= 11 is 3.42. The second kappa shape index (κ2) is 6.37. The molecule has 1 fully saturated rings. The molecule has 0 bridgehead atoms. The van der Waals surface area contributed by atoms with Crippen LogP contribution in [0.5, 0.6) is 0 Å². The molecule has 0 saturated carbocycles. The topological polar surface area (TPSA) is 46.2 Å². The van der Waals surface area contributed by atoms with Gasteiger partial charge in [0.25, 0.3) is 0 Å². The lowest BCUT2D eigenvalue weighted by atomic mass is 10.1. The van der Waals surface area contributed by atoms with Gasteiger partial charge >= 0.3 is 0 Å². The molecule has 2 rings (SSSR count). The Morgan fingerprint density at radius 2 is 2.05 bits per heavy atom. The van der Waals surface area contributed by atoms with Gasteiger partial charge in [-0.2, -0.15) is 0 Å². The van der Waals surface area contributed by atoms with Gasteiger partial charge in [0.1, 0.15) is 0 Å². The van der Waals surface area contributed by atoms with E-state index in [1.165, 1.54) is 5.56 Å². The molecular formula is C14H20BrNO2S. The summed E-state index contributed by atoms with van der Waals surface area (Å²) in [6.07, 6.45) is 2.67. The van der Waals surface area contributed by atoms with Gasteiger partial charge in [0.15, 0.2) is 9.84 Å². The van der Waals surface area contributed by atoms with E-state index in [0.29, 0.717) is 11.8 Å². The fourth-order valence-electron chi connectivity index (χ4n) is 2.59. The number of halogens is 1. The lowest BCUT2D eigenvalue weighted by Crippen LogP contribution is -2.44. The first-order valence-electron chi connectivity index (χ1n) is 6.65. The molecule has 1 N–H and O–H groups in total. The van der Waals surface area contributed by atoms with Crippen LogP contribution in [0.4, 0.5) is 0 Å². The molecule has 0 radical (unpaired) electrons. The minimum atomic E-state index is -2.82. The first-order chi connectivity index (χ1) is 8.94. The maximum atomic E-state index is 11.6. The summed E-state index contributed by atoms with van der Waals surface area (Å²) in [7, 11) is -2.82. The van der Waals surface area contributed by atoms with E-state index in [0.717, 1.165) is 23.7 Å². The first-order valence-corrected chi connectivity index (χ1v) is 9.27. The standard InChI is InChI=1S/C14H20BrNO2S/c1-11(9-12-4-6-13(15)7-5-12)16-14-3-2-8-19(17,18)10-14/h4-7,11,14,16H,2-3,8-10H2,1H3. The van der Waals surface area contributed by atoms with Crippen molar-refractivity contribution in [3.63, 3.8) is 0 Å². The molecule has 1 aliphatic rings. The minimum Gasteiger partial charge on any atom is -0.310 e. The van der Waals surface area contributed by atoms with Crippen LogP contribution in [0.2, 0.25) is 0 Å². The predicted molar refractivity (Wildman–Crippen MR) is 82.1 cm³/mol. The molecule has 1 aromatic rings. The highest BCUT2D eigenvalue weighted by molar-refractivity contribution is 9.10. The average molecular weight is 346 g/mol. The monoisotopic (exact) mass is 345 g/mol. The third-order valence-electron chi connectivity index (χ3n) is 3.44. The maximum Gasteiger partial charge on any atom is 0.151 e. The van der Waals surface area contributed by atoms with E-state index in [1.807, 2.05) is 12.1 Å². The van der Waals surface area contributed by atoms with Crippen LogP contribution in [-0.2, 0) is 16.3 Å². The SMILES string of the molecule is CC(Cc1ccc(Br)cc1)NC1CCCS(=O)(=O)C1. The minimum absolute atomic E-state index is 0.115. The molecule has 2 unspecified atom stereocenters. The Labute approximate surface area is 123 Å². The number of hydrogen-bond acceptors (Lipinski definition) is 3. The Kier molecular flexibility index (Phi) is 5.03. The third kappa shape index (κ3) is 4.89. The molecule has 1 aliphatic heterocycles. The van der Waals surface area contributed by atoms with E-state index >= 15 is 0 Å². The Morgan fingerprint density at radius 1 is 1.37 bits per heavy atom. The Morgan fingerprint density at radius 3 is 2.68 bits per heavy atom. The van der Waals surface area contributed by atoms with Crippen molar-refractivity contribution in [3.05, 3.63) is 34.3 Å². The summed E-state index contributed by atoms with van der Waals surface area (Å²) in [5.41, 5.74) is 1.27. The van der Waals surface area contributed by atoms with Gasteiger partial charge in [0.2, 0.25) is 0 Å². The van der Waals surface area contributed by atoms with Crippen molar-refractivity contribution in [1.82, 2.24) is 5.32 Å². The van der Waals surface area contributed by atoms with Crippen LogP contribution < -0.4 is 5.32 Å². The first kappa shape index (κ1) is 15.0. The van der Waals surface area contributed by atoms with Gasteiger partial charge in [-0.15, -0.1) is 0 Å². The molecule has 106 valence electrons. The molecule has 0 spiro atoms. The highest BCUT2D eigenvalue weighted by atomic mass is 79.9. The van der Waals surface area contributed by atoms with E-state index in [-0.39, 0.29) is 11.8 Å². The summed E-state index contributed by atoms with van der Waals surface area (Å²) in [6, 6.07) is 8.67.